The lowest BCUT2D eigenvalue weighted by atomic mass is 10.0. The highest BCUT2D eigenvalue weighted by Crippen LogP contribution is 2.35. The molecule has 37 heavy (non-hydrogen) atoms. The van der Waals surface area contributed by atoms with Crippen molar-refractivity contribution in [2.45, 2.75) is 58.0 Å². The summed E-state index contributed by atoms with van der Waals surface area (Å²) in [4.78, 5) is 38.9. The quantitative estimate of drug-likeness (QED) is 0.397. The maximum absolute atomic E-state index is 13.7. The van der Waals surface area contributed by atoms with Crippen molar-refractivity contribution in [2.24, 2.45) is 0 Å². The lowest BCUT2D eigenvalue weighted by molar-refractivity contribution is -0.138. The molecule has 0 radical (unpaired) electrons. The number of aromatic nitrogens is 1. The molecule has 8 heteroatoms. The summed E-state index contributed by atoms with van der Waals surface area (Å²) in [6, 6.07) is 15.1. The zero-order valence-electron chi connectivity index (χ0n) is 21.1. The molecule has 0 aliphatic carbocycles. The average Bonchev–Trinajstić information content (AvgIpc) is 3.35. The van der Waals surface area contributed by atoms with Crippen LogP contribution in [0.1, 0.15) is 66.9 Å². The number of aliphatic carboxylic acids is 1. The third-order valence-electron chi connectivity index (χ3n) is 6.46. The fraction of sp³-hybridized carbons (Fsp3) is 0.345. The molecule has 0 bridgehead atoms. The second kappa shape index (κ2) is 11.8. The number of nitrogens with one attached hydrogen (secondary N) is 1. The summed E-state index contributed by atoms with van der Waals surface area (Å²) in [6.07, 6.45) is 3.90. The molecule has 4 rings (SSSR count). The Kier molecular flexibility index (Phi) is 8.28. The van der Waals surface area contributed by atoms with Crippen LogP contribution < -0.4 is 20.3 Å². The lowest BCUT2D eigenvalue weighted by Crippen LogP contribution is -2.40. The predicted octanol–water partition coefficient (Wildman–Crippen LogP) is 4.54. The summed E-state index contributed by atoms with van der Waals surface area (Å²) in [5.74, 6) is -0.367. The molecule has 3 aromatic rings. The van der Waals surface area contributed by atoms with Gasteiger partial charge >= 0.3 is 5.97 Å². The zero-order valence-corrected chi connectivity index (χ0v) is 21.1. The standard InChI is InChI=1S/C29H32N2O6/c1-3-4-10-24(31-17-19(2)13-22(29(31)35)14-20-8-6-5-7-9-20)28(34)30-23(16-27(32)33)21-11-12-25-26(15-21)37-18-36-25/h5-9,11-13,15,17,23-24H,3-4,10,14,16,18H2,1-2H3,(H,30,34)(H,32,33)/t23-,24?/m0/s1. The molecule has 1 aliphatic heterocycles. The van der Waals surface area contributed by atoms with Gasteiger partial charge in [0.05, 0.1) is 12.5 Å². The van der Waals surface area contributed by atoms with Crippen molar-refractivity contribution in [3.05, 3.63) is 93.4 Å². The van der Waals surface area contributed by atoms with Gasteiger partial charge in [-0.3, -0.25) is 14.4 Å². The number of benzene rings is 2. The van der Waals surface area contributed by atoms with E-state index in [-0.39, 0.29) is 18.8 Å². The van der Waals surface area contributed by atoms with Crippen LogP contribution >= 0.6 is 0 Å². The van der Waals surface area contributed by atoms with Gasteiger partial charge in [0, 0.05) is 18.2 Å². The van der Waals surface area contributed by atoms with Gasteiger partial charge in [-0.15, -0.1) is 0 Å². The molecule has 0 saturated heterocycles. The summed E-state index contributed by atoms with van der Waals surface area (Å²) < 4.78 is 12.3. The Morgan fingerprint density at radius 1 is 1.08 bits per heavy atom. The third-order valence-corrected chi connectivity index (χ3v) is 6.46. The summed E-state index contributed by atoms with van der Waals surface area (Å²) >= 11 is 0. The summed E-state index contributed by atoms with van der Waals surface area (Å²) in [6.45, 7) is 4.02. The number of rotatable bonds is 11. The highest BCUT2D eigenvalue weighted by molar-refractivity contribution is 5.81. The minimum absolute atomic E-state index is 0.0927. The number of carboxylic acid groups (broad SMARTS) is 1. The van der Waals surface area contributed by atoms with Crippen molar-refractivity contribution in [3.8, 4) is 11.5 Å². The van der Waals surface area contributed by atoms with Crippen molar-refractivity contribution in [1.29, 1.82) is 0 Å². The third kappa shape index (κ3) is 6.39. The highest BCUT2D eigenvalue weighted by Gasteiger charge is 2.27. The number of fused-ring (bicyclic) bond motifs is 1. The van der Waals surface area contributed by atoms with Crippen LogP contribution in [0, 0.1) is 6.92 Å². The number of nitrogens with zero attached hydrogens (tertiary/aromatic N) is 1. The van der Waals surface area contributed by atoms with Crippen molar-refractivity contribution in [1.82, 2.24) is 9.88 Å². The first kappa shape index (κ1) is 26.0. The largest absolute Gasteiger partial charge is 0.481 e. The van der Waals surface area contributed by atoms with Gasteiger partial charge in [-0.25, -0.2) is 0 Å². The Morgan fingerprint density at radius 3 is 2.57 bits per heavy atom. The van der Waals surface area contributed by atoms with E-state index in [4.69, 9.17) is 9.47 Å². The molecular weight excluding hydrogens is 472 g/mol. The monoisotopic (exact) mass is 504 g/mol. The van der Waals surface area contributed by atoms with E-state index < -0.39 is 24.0 Å². The Labute approximate surface area is 215 Å². The minimum Gasteiger partial charge on any atom is -0.481 e. The molecule has 194 valence electrons. The number of carbonyl (C=O) groups excluding carboxylic acids is 1. The predicted molar refractivity (Wildman–Crippen MR) is 139 cm³/mol. The Balaban J connectivity index is 1.65. The molecule has 1 amide bonds. The number of hydrogen-bond donors (Lipinski definition) is 2. The SMILES string of the molecule is CCCCC(C(=O)N[C@@H](CC(=O)O)c1ccc2c(c1)OCO2)n1cc(C)cc(Cc2ccccc2)c1=O. The molecular formula is C29H32N2O6. The number of unbranched alkanes of at least 4 members (excludes halogenated alkanes) is 1. The van der Waals surface area contributed by atoms with Crippen molar-refractivity contribution in [2.75, 3.05) is 6.79 Å². The molecule has 1 aromatic heterocycles. The van der Waals surface area contributed by atoms with Gasteiger partial charge in [0.1, 0.15) is 6.04 Å². The summed E-state index contributed by atoms with van der Waals surface area (Å²) in [5, 5.41) is 12.4. The first-order valence-electron chi connectivity index (χ1n) is 12.5. The molecule has 2 heterocycles. The van der Waals surface area contributed by atoms with Crippen LogP contribution in [-0.4, -0.2) is 28.3 Å². The van der Waals surface area contributed by atoms with E-state index in [0.717, 1.165) is 24.0 Å². The van der Waals surface area contributed by atoms with E-state index in [1.807, 2.05) is 50.2 Å². The molecule has 1 unspecified atom stereocenters. The molecule has 2 aromatic carbocycles. The topological polar surface area (TPSA) is 107 Å². The van der Waals surface area contributed by atoms with Crippen molar-refractivity contribution >= 4 is 11.9 Å². The van der Waals surface area contributed by atoms with E-state index in [1.165, 1.54) is 4.57 Å². The second-order valence-corrected chi connectivity index (χ2v) is 9.35. The molecule has 0 fully saturated rings. The molecule has 2 N–H and O–H groups in total. The van der Waals surface area contributed by atoms with Crippen LogP contribution in [0.15, 0.2) is 65.6 Å². The average molecular weight is 505 g/mol. The molecule has 0 spiro atoms. The van der Waals surface area contributed by atoms with Gasteiger partial charge in [0.25, 0.3) is 5.56 Å². The number of carbonyl (C=O) groups is 2. The van der Waals surface area contributed by atoms with Crippen LogP contribution in [0.5, 0.6) is 11.5 Å². The maximum atomic E-state index is 13.7. The van der Waals surface area contributed by atoms with Crippen molar-refractivity contribution in [3.63, 3.8) is 0 Å². The smallest absolute Gasteiger partial charge is 0.305 e. The number of ether oxygens (including phenoxy) is 2. The van der Waals surface area contributed by atoms with Gasteiger partial charge in [0.2, 0.25) is 12.7 Å². The van der Waals surface area contributed by atoms with Gasteiger partial charge in [-0.05, 0) is 48.2 Å². The van der Waals surface area contributed by atoms with Gasteiger partial charge < -0.3 is 24.5 Å². The van der Waals surface area contributed by atoms with Gasteiger partial charge in [0.15, 0.2) is 11.5 Å². The number of aryl methyl sites for hydroxylation is 1. The Bertz CT molecular complexity index is 1320. The molecule has 8 nitrogen and oxygen atoms in total. The van der Waals surface area contributed by atoms with Gasteiger partial charge in [-0.1, -0.05) is 56.2 Å². The Hall–Kier alpha value is -4.07. The minimum atomic E-state index is -1.05. The van der Waals surface area contributed by atoms with E-state index >= 15 is 0 Å². The fourth-order valence-corrected chi connectivity index (χ4v) is 4.61. The van der Waals surface area contributed by atoms with E-state index in [9.17, 15) is 19.5 Å². The normalized spacial score (nSPS) is 13.7. The van der Waals surface area contributed by atoms with Gasteiger partial charge in [-0.2, -0.15) is 0 Å². The molecule has 0 saturated carbocycles. The molecule has 2 atom stereocenters. The van der Waals surface area contributed by atoms with Crippen LogP contribution in [0.4, 0.5) is 0 Å². The van der Waals surface area contributed by atoms with E-state index in [1.54, 1.807) is 24.4 Å². The summed E-state index contributed by atoms with van der Waals surface area (Å²) in [7, 11) is 0. The van der Waals surface area contributed by atoms with Crippen LogP contribution in [0.2, 0.25) is 0 Å². The fourth-order valence-electron chi connectivity index (χ4n) is 4.61. The van der Waals surface area contributed by atoms with Crippen LogP contribution in [0.3, 0.4) is 0 Å². The second-order valence-electron chi connectivity index (χ2n) is 9.35. The first-order chi connectivity index (χ1) is 17.9. The zero-order chi connectivity index (χ0) is 26.4. The van der Waals surface area contributed by atoms with Crippen molar-refractivity contribution < 1.29 is 24.2 Å². The number of carboxylic acids is 1. The lowest BCUT2D eigenvalue weighted by Gasteiger charge is -2.24. The maximum Gasteiger partial charge on any atom is 0.305 e. The molecule has 1 aliphatic rings. The number of amides is 1. The summed E-state index contributed by atoms with van der Waals surface area (Å²) in [5.41, 5.74) is 2.87. The Morgan fingerprint density at radius 2 is 1.84 bits per heavy atom. The van der Waals surface area contributed by atoms with Crippen LogP contribution in [0.25, 0.3) is 0 Å². The van der Waals surface area contributed by atoms with E-state index in [0.29, 0.717) is 35.5 Å². The number of pyridine rings is 1. The first-order valence-corrected chi connectivity index (χ1v) is 12.5. The number of hydrogen-bond acceptors (Lipinski definition) is 5. The van der Waals surface area contributed by atoms with E-state index in [2.05, 4.69) is 5.32 Å². The highest BCUT2D eigenvalue weighted by atomic mass is 16.7. The van der Waals surface area contributed by atoms with Crippen LogP contribution in [-0.2, 0) is 16.0 Å².